The monoisotopic (exact) mass is 491 g/mol. The summed E-state index contributed by atoms with van der Waals surface area (Å²) in [5.74, 6) is -0.820. The average Bonchev–Trinajstić information content (AvgIpc) is 3.47. The number of carbonyl (C=O) groups is 2. The Labute approximate surface area is 198 Å². The number of hydrogen-bond acceptors (Lipinski definition) is 7. The summed E-state index contributed by atoms with van der Waals surface area (Å²) in [6.45, 7) is 7.67. The van der Waals surface area contributed by atoms with Gasteiger partial charge in [0, 0.05) is 36.6 Å². The lowest BCUT2D eigenvalue weighted by atomic mass is 10.0. The van der Waals surface area contributed by atoms with E-state index < -0.39 is 21.9 Å². The van der Waals surface area contributed by atoms with Crippen LogP contribution in [0.3, 0.4) is 0 Å². The van der Waals surface area contributed by atoms with E-state index >= 15 is 0 Å². The van der Waals surface area contributed by atoms with Gasteiger partial charge in [0.2, 0.25) is 10.0 Å². The first-order valence-corrected chi connectivity index (χ1v) is 13.6. The Hall–Kier alpha value is -2.27. The maximum Gasteiger partial charge on any atom is 0.341 e. The first-order valence-electron chi connectivity index (χ1n) is 11.3. The lowest BCUT2D eigenvalue weighted by molar-refractivity contribution is 0.0526. The summed E-state index contributed by atoms with van der Waals surface area (Å²) < 4.78 is 32.2. The fourth-order valence-electron chi connectivity index (χ4n) is 4.26. The second-order valence-corrected chi connectivity index (χ2v) is 11.2. The third-order valence-corrected chi connectivity index (χ3v) is 9.15. The van der Waals surface area contributed by atoms with Crippen molar-refractivity contribution in [1.82, 2.24) is 9.21 Å². The molecule has 2 aliphatic heterocycles. The van der Waals surface area contributed by atoms with Crippen molar-refractivity contribution >= 4 is 38.2 Å². The van der Waals surface area contributed by atoms with Crippen LogP contribution < -0.4 is 5.32 Å². The number of sulfonamides is 1. The smallest absolute Gasteiger partial charge is 0.341 e. The molecule has 0 atom stereocenters. The van der Waals surface area contributed by atoms with E-state index in [1.165, 1.54) is 39.9 Å². The normalized spacial score (nSPS) is 17.0. The maximum absolute atomic E-state index is 13.0. The zero-order valence-corrected chi connectivity index (χ0v) is 20.6. The van der Waals surface area contributed by atoms with Gasteiger partial charge in [-0.1, -0.05) is 6.92 Å². The minimum absolute atomic E-state index is 0.180. The van der Waals surface area contributed by atoms with Crippen LogP contribution in [0.5, 0.6) is 0 Å². The zero-order valence-electron chi connectivity index (χ0n) is 18.9. The molecule has 1 aromatic heterocycles. The van der Waals surface area contributed by atoms with Crippen molar-refractivity contribution in [3.8, 4) is 0 Å². The molecule has 0 aliphatic carbocycles. The van der Waals surface area contributed by atoms with Gasteiger partial charge in [-0.25, -0.2) is 13.2 Å². The number of benzene rings is 1. The first kappa shape index (κ1) is 23.9. The molecule has 4 rings (SSSR count). The van der Waals surface area contributed by atoms with Crippen LogP contribution >= 0.6 is 11.3 Å². The van der Waals surface area contributed by atoms with Gasteiger partial charge in [-0.2, -0.15) is 4.31 Å². The van der Waals surface area contributed by atoms with Crippen molar-refractivity contribution < 1.29 is 22.7 Å². The van der Waals surface area contributed by atoms with Gasteiger partial charge in [0.1, 0.15) is 5.00 Å². The molecule has 1 saturated heterocycles. The third kappa shape index (κ3) is 4.84. The van der Waals surface area contributed by atoms with Crippen molar-refractivity contribution in [1.29, 1.82) is 0 Å². The highest BCUT2D eigenvalue weighted by molar-refractivity contribution is 7.89. The van der Waals surface area contributed by atoms with Crippen LogP contribution in [-0.4, -0.2) is 62.3 Å². The molecule has 1 N–H and O–H groups in total. The van der Waals surface area contributed by atoms with Crippen molar-refractivity contribution in [2.45, 2.75) is 44.6 Å². The van der Waals surface area contributed by atoms with Crippen LogP contribution in [0, 0.1) is 0 Å². The molecule has 0 unspecified atom stereocenters. The number of carbonyl (C=O) groups excluding carboxylic acids is 2. The molecule has 178 valence electrons. The summed E-state index contributed by atoms with van der Waals surface area (Å²) in [7, 11) is -3.54. The van der Waals surface area contributed by atoms with Gasteiger partial charge in [-0.15, -0.1) is 11.3 Å². The summed E-state index contributed by atoms with van der Waals surface area (Å²) in [6.07, 6.45) is 2.46. The lowest BCUT2D eigenvalue weighted by Gasteiger charge is -2.25. The molecule has 2 aromatic rings. The van der Waals surface area contributed by atoms with Gasteiger partial charge >= 0.3 is 5.97 Å². The van der Waals surface area contributed by atoms with Crippen molar-refractivity contribution in [3.05, 3.63) is 45.8 Å². The highest BCUT2D eigenvalue weighted by atomic mass is 32.2. The highest BCUT2D eigenvalue weighted by Crippen LogP contribution is 2.38. The van der Waals surface area contributed by atoms with Gasteiger partial charge in [0.15, 0.2) is 0 Å². The number of rotatable bonds is 7. The molecule has 33 heavy (non-hydrogen) atoms. The van der Waals surface area contributed by atoms with Crippen LogP contribution in [-0.2, 0) is 27.7 Å². The second kappa shape index (κ2) is 9.92. The Morgan fingerprint density at radius 1 is 1.09 bits per heavy atom. The van der Waals surface area contributed by atoms with Gasteiger partial charge in [0.25, 0.3) is 5.91 Å². The number of likely N-dealkylation sites (N-methyl/N-ethyl adjacent to an activating group) is 1. The van der Waals surface area contributed by atoms with Crippen molar-refractivity contribution in [2.24, 2.45) is 0 Å². The zero-order chi connectivity index (χ0) is 23.6. The van der Waals surface area contributed by atoms with Crippen LogP contribution in [0.25, 0.3) is 0 Å². The Balaban J connectivity index is 1.57. The molecule has 1 fully saturated rings. The number of esters is 1. The Kier molecular flexibility index (Phi) is 7.18. The molecule has 0 radical (unpaired) electrons. The number of ether oxygens (including phenoxy) is 1. The van der Waals surface area contributed by atoms with E-state index in [9.17, 15) is 18.0 Å². The third-order valence-electron chi connectivity index (χ3n) is 6.11. The van der Waals surface area contributed by atoms with Gasteiger partial charge < -0.3 is 10.1 Å². The summed E-state index contributed by atoms with van der Waals surface area (Å²) in [4.78, 5) is 29.2. The van der Waals surface area contributed by atoms with Crippen LogP contribution in [0.15, 0.2) is 29.2 Å². The molecular weight excluding hydrogens is 462 g/mol. The Bertz CT molecular complexity index is 1140. The molecule has 2 aliphatic rings. The van der Waals surface area contributed by atoms with Crippen molar-refractivity contribution in [2.75, 3.05) is 38.1 Å². The summed E-state index contributed by atoms with van der Waals surface area (Å²) >= 11 is 1.41. The van der Waals surface area contributed by atoms with E-state index in [-0.39, 0.29) is 11.5 Å². The van der Waals surface area contributed by atoms with Crippen LogP contribution in [0.1, 0.15) is 57.8 Å². The number of anilines is 1. The maximum atomic E-state index is 13.0. The molecule has 1 amide bonds. The van der Waals surface area contributed by atoms with Gasteiger partial charge in [0.05, 0.1) is 17.1 Å². The number of nitrogens with one attached hydrogen (secondary N) is 1. The van der Waals surface area contributed by atoms with E-state index in [0.717, 1.165) is 49.3 Å². The van der Waals surface area contributed by atoms with E-state index in [0.29, 0.717) is 29.2 Å². The summed E-state index contributed by atoms with van der Waals surface area (Å²) in [6, 6.07) is 5.95. The molecular formula is C23H29N3O5S2. The molecule has 1 aromatic carbocycles. The van der Waals surface area contributed by atoms with E-state index in [4.69, 9.17) is 4.74 Å². The number of thiophene rings is 1. The standard InChI is InChI=1S/C23H29N3O5S2/c1-3-25-14-11-18-19(15-25)32-22(20(18)23(28)31-4-2)24-21(27)16-7-9-17(10-8-16)33(29,30)26-12-5-6-13-26/h7-10H,3-6,11-15H2,1-2H3,(H,24,27). The van der Waals surface area contributed by atoms with E-state index in [1.807, 2.05) is 0 Å². The fourth-order valence-corrected chi connectivity index (χ4v) is 7.05. The molecule has 0 bridgehead atoms. The van der Waals surface area contributed by atoms with E-state index in [1.54, 1.807) is 6.92 Å². The summed E-state index contributed by atoms with van der Waals surface area (Å²) in [5.41, 5.74) is 1.71. The largest absolute Gasteiger partial charge is 0.462 e. The molecule has 8 nitrogen and oxygen atoms in total. The number of amides is 1. The van der Waals surface area contributed by atoms with Crippen LogP contribution in [0.2, 0.25) is 0 Å². The SMILES string of the molecule is CCOC(=O)c1c(NC(=O)c2ccc(S(=O)(=O)N3CCCC3)cc2)sc2c1CCN(CC)C2. The molecule has 0 spiro atoms. The predicted octanol–water partition coefficient (Wildman–Crippen LogP) is 3.34. The highest BCUT2D eigenvalue weighted by Gasteiger charge is 2.30. The minimum Gasteiger partial charge on any atom is -0.462 e. The average molecular weight is 492 g/mol. The number of nitrogens with zero attached hydrogens (tertiary/aromatic N) is 2. The number of hydrogen-bond donors (Lipinski definition) is 1. The Morgan fingerprint density at radius 2 is 1.79 bits per heavy atom. The fraction of sp³-hybridized carbons (Fsp3) is 0.478. The topological polar surface area (TPSA) is 96.0 Å². The summed E-state index contributed by atoms with van der Waals surface area (Å²) in [5, 5.41) is 3.35. The van der Waals surface area contributed by atoms with Crippen LogP contribution in [0.4, 0.5) is 5.00 Å². The minimum atomic E-state index is -3.54. The quantitative estimate of drug-likeness (QED) is 0.597. The van der Waals surface area contributed by atoms with Gasteiger partial charge in [-0.3, -0.25) is 9.69 Å². The predicted molar refractivity (Wildman–Crippen MR) is 127 cm³/mol. The lowest BCUT2D eigenvalue weighted by Crippen LogP contribution is -2.30. The molecule has 0 saturated carbocycles. The second-order valence-electron chi connectivity index (χ2n) is 8.14. The number of fused-ring (bicyclic) bond motifs is 1. The van der Waals surface area contributed by atoms with Gasteiger partial charge in [-0.05, 0) is 62.6 Å². The molecule has 10 heteroatoms. The Morgan fingerprint density at radius 3 is 2.42 bits per heavy atom. The van der Waals surface area contributed by atoms with E-state index in [2.05, 4.69) is 17.1 Å². The molecule has 3 heterocycles. The van der Waals surface area contributed by atoms with Crippen molar-refractivity contribution in [3.63, 3.8) is 0 Å². The first-order chi connectivity index (χ1) is 15.8.